The van der Waals surface area contributed by atoms with Gasteiger partial charge in [-0.05, 0) is 23.7 Å². The summed E-state index contributed by atoms with van der Waals surface area (Å²) in [5, 5.41) is 0. The number of rotatable bonds is 17. The van der Waals surface area contributed by atoms with Crippen LogP contribution in [0.1, 0.15) is 144 Å². The second-order valence-corrected chi connectivity index (χ2v) is 9.51. The zero-order valence-electron chi connectivity index (χ0n) is 18.3. The molecule has 0 aliphatic carbocycles. The fourth-order valence-corrected chi connectivity index (χ4v) is 3.72. The highest BCUT2D eigenvalue weighted by molar-refractivity contribution is 4.85. The predicted molar refractivity (Wildman–Crippen MR) is 113 cm³/mol. The molecule has 0 aliphatic heterocycles. The lowest BCUT2D eigenvalue weighted by Gasteiger charge is -2.42. The van der Waals surface area contributed by atoms with Gasteiger partial charge in [0, 0.05) is 0 Å². The number of hydrogen-bond donors (Lipinski definition) is 0. The second kappa shape index (κ2) is 14.2. The van der Waals surface area contributed by atoms with E-state index in [1.165, 1.54) is 103 Å². The Kier molecular flexibility index (Phi) is 14.2. The van der Waals surface area contributed by atoms with Crippen LogP contribution < -0.4 is 0 Å². The monoisotopic (exact) mass is 338 g/mol. The van der Waals surface area contributed by atoms with E-state index in [0.29, 0.717) is 10.8 Å². The molecule has 0 unspecified atom stereocenters. The van der Waals surface area contributed by atoms with E-state index in [1.807, 2.05) is 0 Å². The van der Waals surface area contributed by atoms with Gasteiger partial charge in [0.05, 0.1) is 0 Å². The van der Waals surface area contributed by atoms with Crippen molar-refractivity contribution in [2.24, 2.45) is 10.8 Å². The maximum atomic E-state index is 2.52. The van der Waals surface area contributed by atoms with Crippen molar-refractivity contribution in [3.8, 4) is 0 Å². The zero-order chi connectivity index (χ0) is 18.3. The third-order valence-corrected chi connectivity index (χ3v) is 6.64. The van der Waals surface area contributed by atoms with Gasteiger partial charge in [-0.2, -0.15) is 0 Å². The van der Waals surface area contributed by atoms with E-state index in [2.05, 4.69) is 41.5 Å². The summed E-state index contributed by atoms with van der Waals surface area (Å²) in [5.41, 5.74) is 0.970. The zero-order valence-corrected chi connectivity index (χ0v) is 18.3. The number of unbranched alkanes of at least 4 members (excludes halogenated alkanes) is 12. The van der Waals surface area contributed by atoms with Crippen LogP contribution >= 0.6 is 0 Å². The van der Waals surface area contributed by atoms with Crippen LogP contribution in [0.3, 0.4) is 0 Å². The predicted octanol–water partition coefficient (Wildman–Crippen LogP) is 9.32. The highest BCUT2D eigenvalue weighted by Crippen LogP contribution is 2.46. The van der Waals surface area contributed by atoms with Crippen molar-refractivity contribution in [1.29, 1.82) is 0 Å². The quantitative estimate of drug-likeness (QED) is 0.232. The lowest BCUT2D eigenvalue weighted by atomic mass is 9.63. The molecule has 0 aromatic rings. The molecule has 0 radical (unpaired) electrons. The smallest absolute Gasteiger partial charge is 0.0303 e. The normalized spacial score (nSPS) is 12.8. The first-order valence-corrected chi connectivity index (χ1v) is 11.4. The van der Waals surface area contributed by atoms with Gasteiger partial charge in [-0.1, -0.05) is 131 Å². The summed E-state index contributed by atoms with van der Waals surface area (Å²) < 4.78 is 0. The largest absolute Gasteiger partial charge is 0.0654 e. The van der Waals surface area contributed by atoms with Gasteiger partial charge in [0.25, 0.3) is 0 Å². The molecule has 0 N–H and O–H groups in total. The van der Waals surface area contributed by atoms with Gasteiger partial charge in [0.1, 0.15) is 0 Å². The Morgan fingerprint density at radius 2 is 0.625 bits per heavy atom. The minimum absolute atomic E-state index is 0.485. The van der Waals surface area contributed by atoms with Crippen molar-refractivity contribution >= 4 is 0 Å². The summed E-state index contributed by atoms with van der Waals surface area (Å²) in [5.74, 6) is 0. The van der Waals surface area contributed by atoms with Crippen LogP contribution in [0.15, 0.2) is 0 Å². The fourth-order valence-electron chi connectivity index (χ4n) is 3.72. The lowest BCUT2D eigenvalue weighted by molar-refractivity contribution is 0.0814. The average molecular weight is 339 g/mol. The Balaban J connectivity index is 3.80. The molecule has 0 atom stereocenters. The first-order chi connectivity index (χ1) is 11.4. The third-order valence-electron chi connectivity index (χ3n) is 6.64. The van der Waals surface area contributed by atoms with Crippen LogP contribution in [0.25, 0.3) is 0 Å². The lowest BCUT2D eigenvalue weighted by Crippen LogP contribution is -2.32. The van der Waals surface area contributed by atoms with Crippen LogP contribution in [0.4, 0.5) is 0 Å². The van der Waals surface area contributed by atoms with Crippen molar-refractivity contribution in [2.45, 2.75) is 144 Å². The van der Waals surface area contributed by atoms with E-state index in [0.717, 1.165) is 0 Å². The summed E-state index contributed by atoms with van der Waals surface area (Å²) in [4.78, 5) is 0. The summed E-state index contributed by atoms with van der Waals surface area (Å²) in [6.07, 6.45) is 22.9. The van der Waals surface area contributed by atoms with Gasteiger partial charge in [-0.15, -0.1) is 0 Å². The van der Waals surface area contributed by atoms with Crippen molar-refractivity contribution in [3.63, 3.8) is 0 Å². The van der Waals surface area contributed by atoms with Crippen LogP contribution in [-0.4, -0.2) is 0 Å². The van der Waals surface area contributed by atoms with E-state index < -0.39 is 0 Å². The minimum atomic E-state index is 0.485. The standard InChI is InChI=1S/C24H50/c1-7-9-11-13-15-16-18-20-22-24(5,6)23(3,4)21-19-17-14-12-10-8-2/h7-22H2,1-6H3. The van der Waals surface area contributed by atoms with Crippen LogP contribution in [0.5, 0.6) is 0 Å². The Hall–Kier alpha value is 0. The van der Waals surface area contributed by atoms with Crippen LogP contribution in [-0.2, 0) is 0 Å². The molecular formula is C24H50. The molecule has 0 bridgehead atoms. The Morgan fingerprint density at radius 1 is 0.375 bits per heavy atom. The molecule has 0 aliphatic rings. The van der Waals surface area contributed by atoms with Gasteiger partial charge < -0.3 is 0 Å². The maximum Gasteiger partial charge on any atom is -0.0303 e. The molecule has 0 aromatic heterocycles. The molecule has 0 heterocycles. The van der Waals surface area contributed by atoms with Gasteiger partial charge in [0.2, 0.25) is 0 Å². The fraction of sp³-hybridized carbons (Fsp3) is 1.00. The topological polar surface area (TPSA) is 0 Å². The van der Waals surface area contributed by atoms with Crippen molar-refractivity contribution < 1.29 is 0 Å². The summed E-state index contributed by atoms with van der Waals surface area (Å²) in [6, 6.07) is 0. The highest BCUT2D eigenvalue weighted by atomic mass is 14.4. The van der Waals surface area contributed by atoms with Crippen molar-refractivity contribution in [1.82, 2.24) is 0 Å². The first-order valence-electron chi connectivity index (χ1n) is 11.4. The summed E-state index contributed by atoms with van der Waals surface area (Å²) in [7, 11) is 0. The molecule has 0 spiro atoms. The highest BCUT2D eigenvalue weighted by Gasteiger charge is 2.35. The molecule has 0 aromatic carbocycles. The Labute approximate surface area is 155 Å². The molecule has 24 heavy (non-hydrogen) atoms. The summed E-state index contributed by atoms with van der Waals surface area (Å²) >= 11 is 0. The van der Waals surface area contributed by atoms with E-state index in [4.69, 9.17) is 0 Å². The molecule has 0 nitrogen and oxygen atoms in total. The first kappa shape index (κ1) is 24.0. The van der Waals surface area contributed by atoms with Gasteiger partial charge >= 0.3 is 0 Å². The molecule has 0 amide bonds. The third kappa shape index (κ3) is 11.5. The van der Waals surface area contributed by atoms with Crippen LogP contribution in [0, 0.1) is 10.8 Å². The molecule has 0 fully saturated rings. The van der Waals surface area contributed by atoms with Gasteiger partial charge in [-0.25, -0.2) is 0 Å². The van der Waals surface area contributed by atoms with Gasteiger partial charge in [0.15, 0.2) is 0 Å². The van der Waals surface area contributed by atoms with Crippen molar-refractivity contribution in [3.05, 3.63) is 0 Å². The molecule has 0 saturated carbocycles. The van der Waals surface area contributed by atoms with E-state index in [1.54, 1.807) is 0 Å². The number of hydrogen-bond acceptors (Lipinski definition) is 0. The Morgan fingerprint density at radius 3 is 0.917 bits per heavy atom. The maximum absolute atomic E-state index is 2.52. The van der Waals surface area contributed by atoms with E-state index in [-0.39, 0.29) is 0 Å². The molecule has 0 rings (SSSR count). The molecule has 0 heteroatoms. The van der Waals surface area contributed by atoms with E-state index in [9.17, 15) is 0 Å². The minimum Gasteiger partial charge on any atom is -0.0654 e. The molecular weight excluding hydrogens is 288 g/mol. The molecule has 146 valence electrons. The van der Waals surface area contributed by atoms with Crippen LogP contribution in [0.2, 0.25) is 0 Å². The SMILES string of the molecule is CCCCCCCCCCC(C)(C)C(C)(C)CCCCCCCC. The molecule has 0 saturated heterocycles. The average Bonchev–Trinajstić information content (AvgIpc) is 2.53. The van der Waals surface area contributed by atoms with E-state index >= 15 is 0 Å². The second-order valence-electron chi connectivity index (χ2n) is 9.51. The summed E-state index contributed by atoms with van der Waals surface area (Å²) in [6.45, 7) is 14.7. The van der Waals surface area contributed by atoms with Crippen molar-refractivity contribution in [2.75, 3.05) is 0 Å². The van der Waals surface area contributed by atoms with Gasteiger partial charge in [-0.3, -0.25) is 0 Å². The Bertz CT molecular complexity index is 261.